The van der Waals surface area contributed by atoms with Gasteiger partial charge in [-0.1, -0.05) is 37.3 Å². The second-order valence-corrected chi connectivity index (χ2v) is 5.62. The minimum absolute atomic E-state index is 0.130. The molecule has 1 aromatic rings. The molecule has 0 bridgehead atoms. The highest BCUT2D eigenvalue weighted by Crippen LogP contribution is 2.15. The summed E-state index contributed by atoms with van der Waals surface area (Å²) in [7, 11) is 0. The molecule has 19 heavy (non-hydrogen) atoms. The molecule has 0 aliphatic carbocycles. The van der Waals surface area contributed by atoms with E-state index in [-0.39, 0.29) is 11.4 Å². The number of alkyl halides is 1. The molecular weight excluding hydrogens is 258 g/mol. The van der Waals surface area contributed by atoms with Crippen molar-refractivity contribution < 1.29 is 4.79 Å². The van der Waals surface area contributed by atoms with Gasteiger partial charge in [0.15, 0.2) is 0 Å². The zero-order chi connectivity index (χ0) is 14.1. The SMILES string of the molecule is CCC(C)(CCCl)NC(=O)CCCc1ccccc1. The summed E-state index contributed by atoms with van der Waals surface area (Å²) in [4.78, 5) is 11.9. The van der Waals surface area contributed by atoms with Crippen LogP contribution in [-0.2, 0) is 11.2 Å². The lowest BCUT2D eigenvalue weighted by molar-refractivity contribution is -0.123. The summed E-state index contributed by atoms with van der Waals surface area (Å²) in [6, 6.07) is 10.3. The lowest BCUT2D eigenvalue weighted by atomic mass is 9.95. The van der Waals surface area contributed by atoms with Crippen molar-refractivity contribution in [3.8, 4) is 0 Å². The molecule has 0 radical (unpaired) electrons. The molecule has 1 atom stereocenters. The van der Waals surface area contributed by atoms with Crippen LogP contribution in [-0.4, -0.2) is 17.3 Å². The average Bonchev–Trinajstić information content (AvgIpc) is 2.40. The molecule has 0 aromatic heterocycles. The fourth-order valence-electron chi connectivity index (χ4n) is 2.03. The largest absolute Gasteiger partial charge is 0.351 e. The van der Waals surface area contributed by atoms with Gasteiger partial charge in [0, 0.05) is 17.8 Å². The van der Waals surface area contributed by atoms with Gasteiger partial charge in [0.05, 0.1) is 0 Å². The fraction of sp³-hybridized carbons (Fsp3) is 0.562. The molecule has 0 aliphatic heterocycles. The van der Waals surface area contributed by atoms with E-state index in [1.54, 1.807) is 0 Å². The van der Waals surface area contributed by atoms with Crippen LogP contribution in [0.3, 0.4) is 0 Å². The maximum atomic E-state index is 11.9. The third-order valence-electron chi connectivity index (χ3n) is 3.58. The van der Waals surface area contributed by atoms with Crippen molar-refractivity contribution in [1.82, 2.24) is 5.32 Å². The standard InChI is InChI=1S/C16H24ClNO/c1-3-16(2,12-13-17)18-15(19)11-7-10-14-8-5-4-6-9-14/h4-6,8-9H,3,7,10-13H2,1-2H3,(H,18,19). The summed E-state index contributed by atoms with van der Waals surface area (Å²) in [5, 5.41) is 3.11. The second-order valence-electron chi connectivity index (χ2n) is 5.24. The minimum Gasteiger partial charge on any atom is -0.351 e. The topological polar surface area (TPSA) is 29.1 Å². The van der Waals surface area contributed by atoms with Gasteiger partial charge in [0.2, 0.25) is 5.91 Å². The van der Waals surface area contributed by atoms with Crippen molar-refractivity contribution in [2.45, 2.75) is 51.5 Å². The van der Waals surface area contributed by atoms with Crippen molar-refractivity contribution in [3.63, 3.8) is 0 Å². The van der Waals surface area contributed by atoms with Gasteiger partial charge >= 0.3 is 0 Å². The van der Waals surface area contributed by atoms with E-state index in [1.807, 2.05) is 18.2 Å². The Morgan fingerprint density at radius 2 is 2.00 bits per heavy atom. The van der Waals surface area contributed by atoms with Crippen molar-refractivity contribution in [2.24, 2.45) is 0 Å². The summed E-state index contributed by atoms with van der Waals surface area (Å²) in [5.74, 6) is 0.708. The molecule has 1 amide bonds. The molecule has 0 saturated carbocycles. The zero-order valence-electron chi connectivity index (χ0n) is 11.9. The van der Waals surface area contributed by atoms with Crippen molar-refractivity contribution in [1.29, 1.82) is 0 Å². The molecular formula is C16H24ClNO. The van der Waals surface area contributed by atoms with Gasteiger partial charge in [-0.3, -0.25) is 4.79 Å². The number of aryl methyl sites for hydroxylation is 1. The Morgan fingerprint density at radius 3 is 2.58 bits per heavy atom. The normalized spacial score (nSPS) is 13.8. The number of nitrogens with one attached hydrogen (secondary N) is 1. The number of carbonyl (C=O) groups excluding carboxylic acids is 1. The second kappa shape index (κ2) is 8.21. The van der Waals surface area contributed by atoms with Gasteiger partial charge in [0.1, 0.15) is 0 Å². The number of benzene rings is 1. The molecule has 3 heteroatoms. The maximum Gasteiger partial charge on any atom is 0.220 e. The first kappa shape index (κ1) is 16.0. The molecule has 1 rings (SSSR count). The summed E-state index contributed by atoms with van der Waals surface area (Å²) >= 11 is 5.78. The van der Waals surface area contributed by atoms with Gasteiger partial charge in [-0.15, -0.1) is 11.6 Å². The molecule has 0 aliphatic rings. The Bertz CT molecular complexity index is 380. The molecule has 0 spiro atoms. The van der Waals surface area contributed by atoms with Gasteiger partial charge in [0.25, 0.3) is 0 Å². The Balaban J connectivity index is 2.31. The third-order valence-corrected chi connectivity index (χ3v) is 3.77. The number of amides is 1. The first-order valence-electron chi connectivity index (χ1n) is 7.00. The Labute approximate surface area is 121 Å². The third kappa shape index (κ3) is 6.11. The number of hydrogen-bond acceptors (Lipinski definition) is 1. The summed E-state index contributed by atoms with van der Waals surface area (Å²) in [6.07, 6.45) is 4.13. The van der Waals surface area contributed by atoms with Crippen LogP contribution in [0.2, 0.25) is 0 Å². The lowest BCUT2D eigenvalue weighted by Crippen LogP contribution is -2.45. The fourth-order valence-corrected chi connectivity index (χ4v) is 2.45. The van der Waals surface area contributed by atoms with Crippen LogP contribution < -0.4 is 5.32 Å². The smallest absolute Gasteiger partial charge is 0.220 e. The first-order valence-corrected chi connectivity index (χ1v) is 7.54. The number of rotatable bonds is 8. The number of carbonyl (C=O) groups is 1. The average molecular weight is 282 g/mol. The van der Waals surface area contributed by atoms with Gasteiger partial charge in [-0.05, 0) is 38.2 Å². The predicted octanol–water partition coefficient (Wildman–Crippen LogP) is 3.92. The van der Waals surface area contributed by atoms with E-state index < -0.39 is 0 Å². The molecule has 1 N–H and O–H groups in total. The number of hydrogen-bond donors (Lipinski definition) is 1. The summed E-state index contributed by atoms with van der Waals surface area (Å²) < 4.78 is 0. The van der Waals surface area contributed by atoms with Crippen molar-refractivity contribution in [2.75, 3.05) is 5.88 Å². The highest BCUT2D eigenvalue weighted by atomic mass is 35.5. The van der Waals surface area contributed by atoms with E-state index in [1.165, 1.54) is 5.56 Å². The quantitative estimate of drug-likeness (QED) is 0.719. The van der Waals surface area contributed by atoms with Crippen LogP contribution in [0, 0.1) is 0 Å². The number of halogens is 1. The first-order chi connectivity index (χ1) is 9.09. The van der Waals surface area contributed by atoms with Gasteiger partial charge < -0.3 is 5.32 Å². The van der Waals surface area contributed by atoms with Crippen LogP contribution in [0.4, 0.5) is 0 Å². The molecule has 2 nitrogen and oxygen atoms in total. The van der Waals surface area contributed by atoms with Crippen LogP contribution in [0.1, 0.15) is 45.1 Å². The molecule has 106 valence electrons. The molecule has 0 heterocycles. The van der Waals surface area contributed by atoms with E-state index >= 15 is 0 Å². The van der Waals surface area contributed by atoms with E-state index in [0.29, 0.717) is 12.3 Å². The molecule has 0 saturated heterocycles. The monoisotopic (exact) mass is 281 g/mol. The van der Waals surface area contributed by atoms with Crippen molar-refractivity contribution >= 4 is 17.5 Å². The van der Waals surface area contributed by atoms with Crippen LogP contribution in [0.15, 0.2) is 30.3 Å². The van der Waals surface area contributed by atoms with Gasteiger partial charge in [-0.2, -0.15) is 0 Å². The van der Waals surface area contributed by atoms with E-state index in [0.717, 1.165) is 25.7 Å². The minimum atomic E-state index is -0.161. The molecule has 0 fully saturated rings. The van der Waals surface area contributed by atoms with E-state index in [4.69, 9.17) is 11.6 Å². The summed E-state index contributed by atoms with van der Waals surface area (Å²) in [6.45, 7) is 4.14. The van der Waals surface area contributed by atoms with E-state index in [2.05, 4.69) is 31.3 Å². The van der Waals surface area contributed by atoms with Gasteiger partial charge in [-0.25, -0.2) is 0 Å². The zero-order valence-corrected chi connectivity index (χ0v) is 12.7. The van der Waals surface area contributed by atoms with Crippen molar-refractivity contribution in [3.05, 3.63) is 35.9 Å². The molecule has 1 unspecified atom stereocenters. The maximum absolute atomic E-state index is 11.9. The van der Waals surface area contributed by atoms with Crippen LogP contribution in [0.25, 0.3) is 0 Å². The lowest BCUT2D eigenvalue weighted by Gasteiger charge is -2.29. The molecule has 1 aromatic carbocycles. The summed E-state index contributed by atoms with van der Waals surface area (Å²) in [5.41, 5.74) is 1.13. The van der Waals surface area contributed by atoms with Crippen LogP contribution in [0.5, 0.6) is 0 Å². The Hall–Kier alpha value is -1.02. The highest BCUT2D eigenvalue weighted by Gasteiger charge is 2.22. The Morgan fingerprint density at radius 1 is 1.32 bits per heavy atom. The Kier molecular flexibility index (Phi) is 6.93. The highest BCUT2D eigenvalue weighted by molar-refractivity contribution is 6.17. The van der Waals surface area contributed by atoms with Crippen LogP contribution >= 0.6 is 11.6 Å². The predicted molar refractivity (Wildman–Crippen MR) is 81.6 cm³/mol. The van der Waals surface area contributed by atoms with E-state index in [9.17, 15) is 4.79 Å².